The van der Waals surface area contributed by atoms with Crippen LogP contribution in [0.2, 0.25) is 0 Å². The molecule has 0 bridgehead atoms. The quantitative estimate of drug-likeness (QED) is 0.818. The molecule has 0 fully saturated rings. The number of nitrogen functional groups attached to an aromatic ring is 2. The van der Waals surface area contributed by atoms with E-state index in [4.69, 9.17) is 11.5 Å². The van der Waals surface area contributed by atoms with Gasteiger partial charge in [-0.25, -0.2) is 0 Å². The van der Waals surface area contributed by atoms with E-state index in [0.717, 1.165) is 24.2 Å². The van der Waals surface area contributed by atoms with Crippen molar-refractivity contribution in [3.63, 3.8) is 0 Å². The summed E-state index contributed by atoms with van der Waals surface area (Å²) < 4.78 is 0. The van der Waals surface area contributed by atoms with E-state index in [1.54, 1.807) is 0 Å². The molecule has 0 atom stereocenters. The van der Waals surface area contributed by atoms with Gasteiger partial charge < -0.3 is 11.5 Å². The zero-order chi connectivity index (χ0) is 13.8. The van der Waals surface area contributed by atoms with Crippen molar-refractivity contribution < 1.29 is 0 Å². The Morgan fingerprint density at radius 3 is 2.11 bits per heavy atom. The number of rotatable bonds is 4. The molecule has 0 radical (unpaired) electrons. The Bertz CT molecular complexity index is 542. The Hall–Kier alpha value is -1.96. The Morgan fingerprint density at radius 2 is 1.47 bits per heavy atom. The average molecular weight is 254 g/mol. The molecule has 2 heteroatoms. The highest BCUT2D eigenvalue weighted by molar-refractivity contribution is 5.47. The second kappa shape index (κ2) is 5.79. The first kappa shape index (κ1) is 13.5. The molecule has 0 saturated carbocycles. The first-order valence-corrected chi connectivity index (χ1v) is 6.76. The first-order chi connectivity index (χ1) is 9.04. The third-order valence-corrected chi connectivity index (χ3v) is 3.23. The van der Waals surface area contributed by atoms with Crippen molar-refractivity contribution in [3.8, 4) is 0 Å². The van der Waals surface area contributed by atoms with Crippen molar-refractivity contribution in [1.29, 1.82) is 0 Å². The van der Waals surface area contributed by atoms with Crippen LogP contribution in [-0.2, 0) is 12.8 Å². The summed E-state index contributed by atoms with van der Waals surface area (Å²) in [5.74, 6) is 0.631. The molecule has 0 saturated heterocycles. The summed E-state index contributed by atoms with van der Waals surface area (Å²) in [4.78, 5) is 0. The molecule has 4 N–H and O–H groups in total. The van der Waals surface area contributed by atoms with Crippen molar-refractivity contribution in [3.05, 3.63) is 59.2 Å². The van der Waals surface area contributed by atoms with Gasteiger partial charge in [0.25, 0.3) is 0 Å². The summed E-state index contributed by atoms with van der Waals surface area (Å²) in [5, 5.41) is 0. The molecular weight excluding hydrogens is 232 g/mol. The Balaban J connectivity index is 2.26. The summed E-state index contributed by atoms with van der Waals surface area (Å²) in [6, 6.07) is 14.3. The second-order valence-corrected chi connectivity index (χ2v) is 5.54. The fraction of sp³-hybridized carbons (Fsp3) is 0.294. The third kappa shape index (κ3) is 3.75. The zero-order valence-electron chi connectivity index (χ0n) is 11.7. The fourth-order valence-corrected chi connectivity index (χ4v) is 2.30. The van der Waals surface area contributed by atoms with Crippen molar-refractivity contribution >= 4 is 11.4 Å². The summed E-state index contributed by atoms with van der Waals surface area (Å²) in [6.45, 7) is 4.46. The van der Waals surface area contributed by atoms with Crippen LogP contribution in [0.4, 0.5) is 11.4 Å². The normalized spacial score (nSPS) is 10.9. The lowest BCUT2D eigenvalue weighted by Crippen LogP contribution is -2.02. The van der Waals surface area contributed by atoms with Gasteiger partial charge in [-0.1, -0.05) is 32.0 Å². The summed E-state index contributed by atoms with van der Waals surface area (Å²) in [7, 11) is 0. The number of hydrogen-bond acceptors (Lipinski definition) is 2. The summed E-state index contributed by atoms with van der Waals surface area (Å²) in [6.07, 6.45) is 2.00. The molecule has 100 valence electrons. The predicted molar refractivity (Wildman–Crippen MR) is 83.1 cm³/mol. The standard InChI is InChI=1S/C17H22N2/c1-12(2)9-15-11-17(19)8-5-14(15)10-13-3-6-16(18)7-4-13/h3-8,11-12H,9-10,18-19H2,1-2H3. The molecule has 2 nitrogen and oxygen atoms in total. The fourth-order valence-electron chi connectivity index (χ4n) is 2.30. The van der Waals surface area contributed by atoms with E-state index < -0.39 is 0 Å². The van der Waals surface area contributed by atoms with Crippen molar-refractivity contribution in [2.24, 2.45) is 5.92 Å². The van der Waals surface area contributed by atoms with E-state index in [9.17, 15) is 0 Å². The maximum Gasteiger partial charge on any atom is 0.0316 e. The number of anilines is 2. The van der Waals surface area contributed by atoms with Gasteiger partial charge >= 0.3 is 0 Å². The van der Waals surface area contributed by atoms with E-state index in [2.05, 4.69) is 38.1 Å². The summed E-state index contributed by atoms with van der Waals surface area (Å²) >= 11 is 0. The largest absolute Gasteiger partial charge is 0.399 e. The molecule has 0 aromatic heterocycles. The van der Waals surface area contributed by atoms with Gasteiger partial charge in [0.15, 0.2) is 0 Å². The van der Waals surface area contributed by atoms with Crippen LogP contribution in [0, 0.1) is 5.92 Å². The van der Waals surface area contributed by atoms with E-state index >= 15 is 0 Å². The molecule has 0 aliphatic rings. The lowest BCUT2D eigenvalue weighted by atomic mass is 9.93. The topological polar surface area (TPSA) is 52.0 Å². The van der Waals surface area contributed by atoms with Crippen LogP contribution < -0.4 is 11.5 Å². The number of benzene rings is 2. The zero-order valence-corrected chi connectivity index (χ0v) is 11.7. The van der Waals surface area contributed by atoms with Crippen LogP contribution >= 0.6 is 0 Å². The Kier molecular flexibility index (Phi) is 4.10. The summed E-state index contributed by atoms with van der Waals surface area (Å²) in [5.41, 5.74) is 17.3. The minimum absolute atomic E-state index is 0.631. The third-order valence-electron chi connectivity index (χ3n) is 3.23. The maximum atomic E-state index is 5.90. The Morgan fingerprint density at radius 1 is 0.842 bits per heavy atom. The molecule has 0 spiro atoms. The predicted octanol–water partition coefficient (Wildman–Crippen LogP) is 3.64. The van der Waals surface area contributed by atoms with Gasteiger partial charge in [0, 0.05) is 11.4 Å². The smallest absolute Gasteiger partial charge is 0.0316 e. The van der Waals surface area contributed by atoms with Gasteiger partial charge in [-0.05, 0) is 59.7 Å². The Labute approximate surface area is 115 Å². The van der Waals surface area contributed by atoms with Gasteiger partial charge in [0.1, 0.15) is 0 Å². The molecular formula is C17H22N2. The highest BCUT2D eigenvalue weighted by Gasteiger charge is 2.06. The minimum Gasteiger partial charge on any atom is -0.399 e. The van der Waals surface area contributed by atoms with Crippen LogP contribution in [0.5, 0.6) is 0 Å². The van der Waals surface area contributed by atoms with E-state index in [1.165, 1.54) is 16.7 Å². The van der Waals surface area contributed by atoms with Crippen LogP contribution in [0.1, 0.15) is 30.5 Å². The monoisotopic (exact) mass is 254 g/mol. The molecule has 0 aliphatic heterocycles. The van der Waals surface area contributed by atoms with Crippen LogP contribution in [0.3, 0.4) is 0 Å². The van der Waals surface area contributed by atoms with Crippen LogP contribution in [0.15, 0.2) is 42.5 Å². The molecule has 2 rings (SSSR count). The van der Waals surface area contributed by atoms with Gasteiger partial charge in [-0.15, -0.1) is 0 Å². The van der Waals surface area contributed by atoms with E-state index in [1.807, 2.05) is 18.2 Å². The molecule has 2 aromatic carbocycles. The minimum atomic E-state index is 0.631. The van der Waals surface area contributed by atoms with Crippen molar-refractivity contribution in [2.75, 3.05) is 11.5 Å². The highest BCUT2D eigenvalue weighted by Crippen LogP contribution is 2.21. The van der Waals surface area contributed by atoms with E-state index in [-0.39, 0.29) is 0 Å². The van der Waals surface area contributed by atoms with Gasteiger partial charge in [-0.3, -0.25) is 0 Å². The first-order valence-electron chi connectivity index (χ1n) is 6.76. The van der Waals surface area contributed by atoms with E-state index in [0.29, 0.717) is 5.92 Å². The second-order valence-electron chi connectivity index (χ2n) is 5.54. The van der Waals surface area contributed by atoms with Gasteiger partial charge in [0.2, 0.25) is 0 Å². The van der Waals surface area contributed by atoms with Gasteiger partial charge in [-0.2, -0.15) is 0 Å². The number of hydrogen-bond donors (Lipinski definition) is 2. The SMILES string of the molecule is CC(C)Cc1cc(N)ccc1Cc1ccc(N)cc1. The molecule has 0 unspecified atom stereocenters. The molecule has 0 heterocycles. The van der Waals surface area contributed by atoms with Crippen molar-refractivity contribution in [2.45, 2.75) is 26.7 Å². The molecule has 0 amide bonds. The van der Waals surface area contributed by atoms with Crippen molar-refractivity contribution in [1.82, 2.24) is 0 Å². The average Bonchev–Trinajstić information content (AvgIpc) is 2.34. The maximum absolute atomic E-state index is 5.90. The number of nitrogens with two attached hydrogens (primary N) is 2. The lowest BCUT2D eigenvalue weighted by molar-refractivity contribution is 0.644. The van der Waals surface area contributed by atoms with Gasteiger partial charge in [0.05, 0.1) is 0 Å². The molecule has 2 aromatic rings. The molecule has 0 aliphatic carbocycles. The lowest BCUT2D eigenvalue weighted by Gasteiger charge is -2.13. The van der Waals surface area contributed by atoms with Crippen LogP contribution in [0.25, 0.3) is 0 Å². The van der Waals surface area contributed by atoms with Crippen LogP contribution in [-0.4, -0.2) is 0 Å². The highest BCUT2D eigenvalue weighted by atomic mass is 14.5. The molecule has 19 heavy (non-hydrogen) atoms.